The minimum Gasteiger partial charge on any atom is -0.544 e. The van der Waals surface area contributed by atoms with E-state index in [1.165, 1.54) is 17.6 Å². The van der Waals surface area contributed by atoms with Gasteiger partial charge in [0.05, 0.1) is 5.60 Å². The van der Waals surface area contributed by atoms with Crippen LogP contribution in [0.25, 0.3) is 5.57 Å². The van der Waals surface area contributed by atoms with E-state index in [-0.39, 0.29) is 5.04 Å². The average Bonchev–Trinajstić information content (AvgIpc) is 2.80. The first-order chi connectivity index (χ1) is 16.1. The van der Waals surface area contributed by atoms with Crippen molar-refractivity contribution in [3.63, 3.8) is 0 Å². The highest BCUT2D eigenvalue weighted by molar-refractivity contribution is 6.74. The Bertz CT molecular complexity index is 977. The molecule has 0 aromatic heterocycles. The second-order valence-electron chi connectivity index (χ2n) is 12.0. The molecule has 2 atom stereocenters. The average molecular weight is 478 g/mol. The molecule has 0 amide bonds. The molecule has 0 spiro atoms. The molecule has 0 saturated heterocycles. The van der Waals surface area contributed by atoms with Gasteiger partial charge in [-0.1, -0.05) is 69.3 Å². The second kappa shape index (κ2) is 10.0. The van der Waals surface area contributed by atoms with Crippen molar-refractivity contribution in [1.29, 1.82) is 0 Å². The van der Waals surface area contributed by atoms with Crippen molar-refractivity contribution in [2.75, 3.05) is 19.6 Å². The van der Waals surface area contributed by atoms with Crippen molar-refractivity contribution in [1.82, 2.24) is 4.90 Å². The van der Waals surface area contributed by atoms with Gasteiger partial charge in [-0.2, -0.15) is 0 Å². The third-order valence-corrected chi connectivity index (χ3v) is 12.7. The van der Waals surface area contributed by atoms with Gasteiger partial charge < -0.3 is 9.53 Å². The number of hydrogen-bond donors (Lipinski definition) is 1. The Morgan fingerprint density at radius 1 is 1.06 bits per heavy atom. The van der Waals surface area contributed by atoms with Gasteiger partial charge in [0.25, 0.3) is 0 Å². The molecule has 34 heavy (non-hydrogen) atoms. The number of rotatable bonds is 6. The Labute approximate surface area is 208 Å². The Morgan fingerprint density at radius 2 is 1.76 bits per heavy atom. The first-order valence-corrected chi connectivity index (χ1v) is 16.0. The van der Waals surface area contributed by atoms with E-state index in [1.54, 1.807) is 0 Å². The lowest BCUT2D eigenvalue weighted by Gasteiger charge is -2.40. The highest BCUT2D eigenvalue weighted by atomic mass is 28.4. The van der Waals surface area contributed by atoms with Crippen LogP contribution in [-0.2, 0) is 5.60 Å². The molecule has 0 bridgehead atoms. The summed E-state index contributed by atoms with van der Waals surface area (Å²) in [6.45, 7) is 14.5. The highest BCUT2D eigenvalue weighted by Crippen LogP contribution is 2.42. The van der Waals surface area contributed by atoms with Crippen LogP contribution in [0.1, 0.15) is 64.0 Å². The molecular weight excluding hydrogens is 434 g/mol. The molecule has 2 aromatic carbocycles. The van der Waals surface area contributed by atoms with Crippen LogP contribution in [0.15, 0.2) is 60.7 Å². The van der Waals surface area contributed by atoms with E-state index in [4.69, 9.17) is 4.43 Å². The van der Waals surface area contributed by atoms with Crippen molar-refractivity contribution in [2.24, 2.45) is 5.92 Å². The van der Waals surface area contributed by atoms with Gasteiger partial charge in [-0.3, -0.25) is 4.90 Å². The van der Waals surface area contributed by atoms with E-state index in [9.17, 15) is 5.11 Å². The lowest BCUT2D eigenvalue weighted by atomic mass is 9.74. The lowest BCUT2D eigenvalue weighted by molar-refractivity contribution is -0.0266. The fraction of sp³-hybridized carbons (Fsp3) is 0.533. The normalized spacial score (nSPS) is 24.5. The third-order valence-electron chi connectivity index (χ3n) is 8.35. The molecule has 1 unspecified atom stereocenters. The zero-order chi connectivity index (χ0) is 24.4. The number of nitrogens with zero attached hydrogens (tertiary/aromatic N) is 1. The summed E-state index contributed by atoms with van der Waals surface area (Å²) >= 11 is 0. The fourth-order valence-corrected chi connectivity index (χ4v) is 6.25. The van der Waals surface area contributed by atoms with E-state index in [0.717, 1.165) is 56.6 Å². The first-order valence-electron chi connectivity index (χ1n) is 13.0. The van der Waals surface area contributed by atoms with Crippen LogP contribution in [0.3, 0.4) is 0 Å². The quantitative estimate of drug-likeness (QED) is 0.445. The Morgan fingerprint density at radius 3 is 2.38 bits per heavy atom. The van der Waals surface area contributed by atoms with Gasteiger partial charge >= 0.3 is 0 Å². The summed E-state index contributed by atoms with van der Waals surface area (Å²) in [7, 11) is -1.86. The fourth-order valence-electron chi connectivity index (χ4n) is 5.22. The maximum Gasteiger partial charge on any atom is 0.250 e. The summed E-state index contributed by atoms with van der Waals surface area (Å²) in [4.78, 5) is 2.57. The van der Waals surface area contributed by atoms with Crippen LogP contribution in [0.2, 0.25) is 18.1 Å². The molecule has 184 valence electrons. The topological polar surface area (TPSA) is 32.7 Å². The van der Waals surface area contributed by atoms with Gasteiger partial charge in [0.1, 0.15) is 5.75 Å². The molecule has 1 aliphatic carbocycles. The van der Waals surface area contributed by atoms with Crippen LogP contribution in [0.5, 0.6) is 5.75 Å². The van der Waals surface area contributed by atoms with E-state index >= 15 is 0 Å². The summed E-state index contributed by atoms with van der Waals surface area (Å²) in [5.41, 5.74) is 3.15. The van der Waals surface area contributed by atoms with Crippen molar-refractivity contribution in [3.8, 4) is 5.75 Å². The number of hydrogen-bond acceptors (Lipinski definition) is 3. The molecule has 1 saturated carbocycles. The lowest BCUT2D eigenvalue weighted by Crippen LogP contribution is -2.43. The minimum atomic E-state index is -1.86. The zero-order valence-electron chi connectivity index (χ0n) is 21.8. The summed E-state index contributed by atoms with van der Waals surface area (Å²) in [6.07, 6.45) is 7.50. The van der Waals surface area contributed by atoms with Crippen LogP contribution >= 0.6 is 0 Å². The standard InChI is InChI=1S/C30H43NO2Si/c1-29(2,3)34(4,5)33-28-15-13-27(14-16-28)30(32)19-9-10-24(22-30)23-31-20-17-26(18-21-31)25-11-7-6-8-12-25/h6-8,11-17,24,32H,9-10,18-23H2,1-5H3/t24-,30?/m1/s1. The molecule has 1 heterocycles. The maximum absolute atomic E-state index is 11.6. The van der Waals surface area contributed by atoms with Gasteiger partial charge in [0.15, 0.2) is 0 Å². The van der Waals surface area contributed by atoms with E-state index in [2.05, 4.69) is 99.4 Å². The monoisotopic (exact) mass is 477 g/mol. The van der Waals surface area contributed by atoms with Crippen LogP contribution in [-0.4, -0.2) is 38.0 Å². The van der Waals surface area contributed by atoms with Crippen molar-refractivity contribution >= 4 is 13.9 Å². The van der Waals surface area contributed by atoms with Crippen LogP contribution in [0.4, 0.5) is 0 Å². The predicted octanol–water partition coefficient (Wildman–Crippen LogP) is 7.24. The van der Waals surface area contributed by atoms with Crippen molar-refractivity contribution < 1.29 is 9.53 Å². The maximum atomic E-state index is 11.6. The van der Waals surface area contributed by atoms with Gasteiger partial charge in [-0.05, 0) is 85.0 Å². The summed E-state index contributed by atoms with van der Waals surface area (Å²) in [5.74, 6) is 1.47. The Kier molecular flexibility index (Phi) is 7.42. The van der Waals surface area contributed by atoms with Crippen LogP contribution in [0, 0.1) is 5.92 Å². The zero-order valence-corrected chi connectivity index (χ0v) is 22.8. The largest absolute Gasteiger partial charge is 0.544 e. The molecule has 2 aliphatic rings. The van der Waals surface area contributed by atoms with Gasteiger partial charge in [0, 0.05) is 19.6 Å². The van der Waals surface area contributed by atoms with E-state index in [1.807, 2.05) is 0 Å². The number of benzene rings is 2. The third kappa shape index (κ3) is 5.84. The summed E-state index contributed by atoms with van der Waals surface area (Å²) in [5, 5.41) is 11.8. The highest BCUT2D eigenvalue weighted by Gasteiger charge is 2.39. The number of aliphatic hydroxyl groups is 1. The second-order valence-corrected chi connectivity index (χ2v) is 16.7. The molecule has 1 fully saturated rings. The SMILES string of the molecule is CC(C)(C)[Si](C)(C)Oc1ccc(C2(O)CCC[C@@H](CN3CC=C(c4ccccc4)CC3)C2)cc1. The Balaban J connectivity index is 1.36. The van der Waals surface area contributed by atoms with Crippen molar-refractivity contribution in [2.45, 2.75) is 76.6 Å². The molecule has 4 rings (SSSR count). The first kappa shape index (κ1) is 25.2. The van der Waals surface area contributed by atoms with Crippen molar-refractivity contribution in [3.05, 3.63) is 71.8 Å². The smallest absolute Gasteiger partial charge is 0.250 e. The van der Waals surface area contributed by atoms with Crippen LogP contribution < -0.4 is 4.43 Å². The Hall–Kier alpha value is -1.88. The molecule has 3 nitrogen and oxygen atoms in total. The van der Waals surface area contributed by atoms with Gasteiger partial charge in [-0.15, -0.1) is 0 Å². The van der Waals surface area contributed by atoms with Gasteiger partial charge in [0.2, 0.25) is 8.32 Å². The molecule has 1 aliphatic heterocycles. The summed E-state index contributed by atoms with van der Waals surface area (Å²) < 4.78 is 6.45. The molecule has 2 aromatic rings. The van der Waals surface area contributed by atoms with Gasteiger partial charge in [-0.25, -0.2) is 0 Å². The summed E-state index contributed by atoms with van der Waals surface area (Å²) in [6, 6.07) is 19.1. The minimum absolute atomic E-state index is 0.173. The van der Waals surface area contributed by atoms with E-state index < -0.39 is 13.9 Å². The molecular formula is C30H43NO2Si. The molecule has 0 radical (unpaired) electrons. The molecule has 4 heteroatoms. The molecule has 1 N–H and O–H groups in total. The predicted molar refractivity (Wildman–Crippen MR) is 146 cm³/mol. The van der Waals surface area contributed by atoms with E-state index in [0.29, 0.717) is 5.92 Å².